The average Bonchev–Trinajstić information content (AvgIpc) is 2.69. The number of hydrogen-bond acceptors (Lipinski definition) is 2. The van der Waals surface area contributed by atoms with Crippen molar-refractivity contribution in [2.75, 3.05) is 19.8 Å². The Hall–Kier alpha value is -1.62. The zero-order valence-electron chi connectivity index (χ0n) is 14.9. The second-order valence-corrected chi connectivity index (χ2v) is 7.67. The number of carbonyl (C=O) groups is 1. The Kier molecular flexibility index (Phi) is 6.74. The fourth-order valence-electron chi connectivity index (χ4n) is 3.48. The van der Waals surface area contributed by atoms with E-state index in [2.05, 4.69) is 5.32 Å². The number of amides is 1. The van der Waals surface area contributed by atoms with E-state index in [4.69, 9.17) is 27.9 Å². The van der Waals surface area contributed by atoms with Crippen LogP contribution in [-0.4, -0.2) is 25.7 Å². The molecule has 1 aliphatic heterocycles. The molecule has 0 spiro atoms. The van der Waals surface area contributed by atoms with E-state index in [1.54, 1.807) is 18.2 Å². The molecule has 3 rings (SSSR count). The quantitative estimate of drug-likeness (QED) is 0.734. The standard InChI is InChI=1S/C21H22Cl2FNO2/c22-18-3-1-2-15(20(18)23)4-9-19(26)25-14-21(10-12-27-13-11-21)16-5-7-17(24)8-6-16/h1-3,5-8H,4,9-14H2,(H,25,26). The third kappa shape index (κ3) is 5.01. The zero-order valence-corrected chi connectivity index (χ0v) is 16.5. The van der Waals surface area contributed by atoms with Crippen LogP contribution in [0.5, 0.6) is 0 Å². The summed E-state index contributed by atoms with van der Waals surface area (Å²) < 4.78 is 18.8. The van der Waals surface area contributed by atoms with Crippen LogP contribution < -0.4 is 5.32 Å². The maximum absolute atomic E-state index is 13.3. The Morgan fingerprint density at radius 1 is 1.11 bits per heavy atom. The van der Waals surface area contributed by atoms with Crippen molar-refractivity contribution in [3.8, 4) is 0 Å². The molecule has 3 nitrogen and oxygen atoms in total. The van der Waals surface area contributed by atoms with E-state index in [-0.39, 0.29) is 17.1 Å². The molecule has 1 amide bonds. The molecule has 144 valence electrons. The summed E-state index contributed by atoms with van der Waals surface area (Å²) in [6, 6.07) is 12.0. The molecule has 0 radical (unpaired) electrons. The van der Waals surface area contributed by atoms with Gasteiger partial charge in [-0.2, -0.15) is 0 Å². The van der Waals surface area contributed by atoms with Gasteiger partial charge < -0.3 is 10.1 Å². The second kappa shape index (κ2) is 9.05. The summed E-state index contributed by atoms with van der Waals surface area (Å²) in [4.78, 5) is 12.4. The van der Waals surface area contributed by atoms with E-state index in [9.17, 15) is 9.18 Å². The van der Waals surface area contributed by atoms with Crippen molar-refractivity contribution < 1.29 is 13.9 Å². The lowest BCUT2D eigenvalue weighted by Crippen LogP contribution is -2.44. The lowest BCUT2D eigenvalue weighted by atomic mass is 9.74. The predicted octanol–water partition coefficient (Wildman–Crippen LogP) is 4.93. The summed E-state index contributed by atoms with van der Waals surface area (Å²) in [5, 5.41) is 4.04. The van der Waals surface area contributed by atoms with Crippen molar-refractivity contribution in [3.05, 3.63) is 69.5 Å². The van der Waals surface area contributed by atoms with Crippen LogP contribution in [0.3, 0.4) is 0 Å². The summed E-state index contributed by atoms with van der Waals surface area (Å²) in [6.45, 7) is 1.76. The molecule has 0 aliphatic carbocycles. The topological polar surface area (TPSA) is 38.3 Å². The number of aryl methyl sites for hydroxylation is 1. The van der Waals surface area contributed by atoms with Crippen molar-refractivity contribution >= 4 is 29.1 Å². The molecule has 0 aromatic heterocycles. The molecular weight excluding hydrogens is 388 g/mol. The van der Waals surface area contributed by atoms with Crippen molar-refractivity contribution in [3.63, 3.8) is 0 Å². The van der Waals surface area contributed by atoms with Crippen LogP contribution in [0.1, 0.15) is 30.4 Å². The minimum Gasteiger partial charge on any atom is -0.381 e. The van der Waals surface area contributed by atoms with Crippen LogP contribution in [0.2, 0.25) is 10.0 Å². The van der Waals surface area contributed by atoms with Gasteiger partial charge in [0.2, 0.25) is 5.91 Å². The first-order chi connectivity index (χ1) is 13.0. The smallest absolute Gasteiger partial charge is 0.220 e. The lowest BCUT2D eigenvalue weighted by molar-refractivity contribution is -0.121. The van der Waals surface area contributed by atoms with Crippen LogP contribution >= 0.6 is 23.2 Å². The van der Waals surface area contributed by atoms with E-state index >= 15 is 0 Å². The third-order valence-electron chi connectivity index (χ3n) is 5.18. The molecular formula is C21H22Cl2FNO2. The second-order valence-electron chi connectivity index (χ2n) is 6.89. The fraction of sp³-hybridized carbons (Fsp3) is 0.381. The van der Waals surface area contributed by atoms with Gasteiger partial charge in [-0.15, -0.1) is 0 Å². The first-order valence-corrected chi connectivity index (χ1v) is 9.79. The van der Waals surface area contributed by atoms with Gasteiger partial charge in [0.05, 0.1) is 10.0 Å². The summed E-state index contributed by atoms with van der Waals surface area (Å²) >= 11 is 12.2. The highest BCUT2D eigenvalue weighted by molar-refractivity contribution is 6.42. The van der Waals surface area contributed by atoms with Crippen LogP contribution in [0.25, 0.3) is 0 Å². The Balaban J connectivity index is 1.62. The SMILES string of the molecule is O=C(CCc1cccc(Cl)c1Cl)NCC1(c2ccc(F)cc2)CCOCC1. The molecule has 1 heterocycles. The van der Waals surface area contributed by atoms with Gasteiger partial charge in [0.1, 0.15) is 5.82 Å². The highest BCUT2D eigenvalue weighted by Crippen LogP contribution is 2.34. The van der Waals surface area contributed by atoms with Crippen molar-refractivity contribution in [1.29, 1.82) is 0 Å². The normalized spacial score (nSPS) is 16.1. The Labute approximate surface area is 168 Å². The number of nitrogens with one attached hydrogen (secondary N) is 1. The van der Waals surface area contributed by atoms with Crippen molar-refractivity contribution in [1.82, 2.24) is 5.32 Å². The van der Waals surface area contributed by atoms with Gasteiger partial charge in [-0.05, 0) is 48.6 Å². The third-order valence-corrected chi connectivity index (χ3v) is 6.04. The van der Waals surface area contributed by atoms with E-state index in [1.807, 2.05) is 12.1 Å². The molecule has 1 saturated heterocycles. The number of ether oxygens (including phenoxy) is 1. The maximum atomic E-state index is 13.3. The van der Waals surface area contributed by atoms with E-state index in [0.29, 0.717) is 42.6 Å². The summed E-state index contributed by atoms with van der Waals surface area (Å²) in [5.41, 5.74) is 1.67. The Morgan fingerprint density at radius 2 is 1.81 bits per heavy atom. The number of hydrogen-bond donors (Lipinski definition) is 1. The number of benzene rings is 2. The van der Waals surface area contributed by atoms with Crippen molar-refractivity contribution in [2.24, 2.45) is 0 Å². The number of halogens is 3. The Bertz CT molecular complexity index is 789. The molecule has 2 aromatic carbocycles. The van der Waals surface area contributed by atoms with Crippen LogP contribution in [-0.2, 0) is 21.4 Å². The van der Waals surface area contributed by atoms with Gasteiger partial charge in [-0.1, -0.05) is 47.5 Å². The van der Waals surface area contributed by atoms with Crippen LogP contribution in [0, 0.1) is 5.82 Å². The van der Waals surface area contributed by atoms with E-state index < -0.39 is 0 Å². The van der Waals surface area contributed by atoms with Gasteiger partial charge in [-0.3, -0.25) is 4.79 Å². The predicted molar refractivity (Wildman–Crippen MR) is 106 cm³/mol. The minimum atomic E-state index is -0.261. The average molecular weight is 410 g/mol. The van der Waals surface area contributed by atoms with Gasteiger partial charge in [0, 0.05) is 31.6 Å². The first kappa shape index (κ1) is 20.1. The molecule has 6 heteroatoms. The fourth-order valence-corrected chi connectivity index (χ4v) is 3.89. The monoisotopic (exact) mass is 409 g/mol. The molecule has 1 N–H and O–H groups in total. The molecule has 0 unspecified atom stereocenters. The highest BCUT2D eigenvalue weighted by atomic mass is 35.5. The summed E-state index contributed by atoms with van der Waals surface area (Å²) in [5.74, 6) is -0.303. The first-order valence-electron chi connectivity index (χ1n) is 9.04. The number of rotatable bonds is 6. The minimum absolute atomic E-state index is 0.0426. The maximum Gasteiger partial charge on any atom is 0.220 e. The highest BCUT2D eigenvalue weighted by Gasteiger charge is 2.34. The molecule has 0 bridgehead atoms. The Morgan fingerprint density at radius 3 is 2.52 bits per heavy atom. The zero-order chi connectivity index (χ0) is 19.3. The van der Waals surface area contributed by atoms with Gasteiger partial charge >= 0.3 is 0 Å². The number of carbonyl (C=O) groups excluding carboxylic acids is 1. The molecule has 1 fully saturated rings. The molecule has 1 aliphatic rings. The van der Waals surface area contributed by atoms with E-state index in [1.165, 1.54) is 12.1 Å². The van der Waals surface area contributed by atoms with Crippen LogP contribution in [0.15, 0.2) is 42.5 Å². The summed E-state index contributed by atoms with van der Waals surface area (Å²) in [7, 11) is 0. The molecule has 0 saturated carbocycles. The molecule has 2 aromatic rings. The van der Waals surface area contributed by atoms with Crippen LogP contribution in [0.4, 0.5) is 4.39 Å². The van der Waals surface area contributed by atoms with Gasteiger partial charge in [0.25, 0.3) is 0 Å². The van der Waals surface area contributed by atoms with Gasteiger partial charge in [0.15, 0.2) is 0 Å². The molecule has 0 atom stereocenters. The molecule has 27 heavy (non-hydrogen) atoms. The van der Waals surface area contributed by atoms with Crippen molar-refractivity contribution in [2.45, 2.75) is 31.1 Å². The van der Waals surface area contributed by atoms with Gasteiger partial charge in [-0.25, -0.2) is 4.39 Å². The van der Waals surface area contributed by atoms with E-state index in [0.717, 1.165) is 24.0 Å². The largest absolute Gasteiger partial charge is 0.381 e. The lowest BCUT2D eigenvalue weighted by Gasteiger charge is -2.38. The summed E-state index contributed by atoms with van der Waals surface area (Å²) in [6.07, 6.45) is 2.44.